The van der Waals surface area contributed by atoms with E-state index in [1.807, 2.05) is 0 Å². The van der Waals surface area contributed by atoms with Crippen molar-refractivity contribution in [2.24, 2.45) is 17.4 Å². The molecule has 0 aromatic heterocycles. The summed E-state index contributed by atoms with van der Waals surface area (Å²) in [5, 5.41) is 0. The number of carbonyl (C=O) groups excluding carboxylic acids is 3. The molecule has 0 aromatic carbocycles. The van der Waals surface area contributed by atoms with Crippen LogP contribution in [0.1, 0.15) is 19.3 Å². The van der Waals surface area contributed by atoms with Gasteiger partial charge in [0.15, 0.2) is 0 Å². The van der Waals surface area contributed by atoms with Crippen LogP contribution in [-0.2, 0) is 14.4 Å². The van der Waals surface area contributed by atoms with E-state index in [0.717, 1.165) is 0 Å². The second-order valence-corrected chi connectivity index (χ2v) is 3.37. The summed E-state index contributed by atoms with van der Waals surface area (Å²) in [5.74, 6) is -1.96. The lowest BCUT2D eigenvalue weighted by atomic mass is 9.98. The maximum absolute atomic E-state index is 11.2. The SMILES string of the molecule is NC(=O)CCC(CC(N)=O)C(=O)NI. The van der Waals surface area contributed by atoms with Gasteiger partial charge in [0.05, 0.1) is 22.9 Å². The summed E-state index contributed by atoms with van der Waals surface area (Å²) in [7, 11) is 0. The second-order valence-electron chi connectivity index (χ2n) is 2.83. The Morgan fingerprint density at radius 1 is 1.21 bits per heavy atom. The first-order chi connectivity index (χ1) is 6.47. The second kappa shape index (κ2) is 6.57. The molecule has 0 saturated heterocycles. The fourth-order valence-electron chi connectivity index (χ4n) is 0.962. The summed E-state index contributed by atoms with van der Waals surface area (Å²) in [6.07, 6.45) is 0.247. The fraction of sp³-hybridized carbons (Fsp3) is 0.571. The quantitative estimate of drug-likeness (QED) is 0.441. The molecule has 0 heterocycles. The third-order valence-corrected chi connectivity index (χ3v) is 2.18. The first kappa shape index (κ1) is 13.1. The van der Waals surface area contributed by atoms with Gasteiger partial charge in [-0.15, -0.1) is 0 Å². The average molecular weight is 313 g/mol. The van der Waals surface area contributed by atoms with Crippen molar-refractivity contribution < 1.29 is 14.4 Å². The van der Waals surface area contributed by atoms with Gasteiger partial charge < -0.3 is 11.5 Å². The van der Waals surface area contributed by atoms with Crippen molar-refractivity contribution in [1.82, 2.24) is 3.53 Å². The van der Waals surface area contributed by atoms with Gasteiger partial charge in [0.2, 0.25) is 17.7 Å². The molecule has 0 fully saturated rings. The van der Waals surface area contributed by atoms with Crippen LogP contribution < -0.4 is 15.0 Å². The van der Waals surface area contributed by atoms with E-state index in [4.69, 9.17) is 11.5 Å². The molecule has 80 valence electrons. The van der Waals surface area contributed by atoms with Crippen molar-refractivity contribution >= 4 is 40.6 Å². The number of nitrogens with two attached hydrogens (primary N) is 2. The lowest BCUT2D eigenvalue weighted by molar-refractivity contribution is -0.128. The van der Waals surface area contributed by atoms with Crippen molar-refractivity contribution in [2.45, 2.75) is 19.3 Å². The normalized spacial score (nSPS) is 11.8. The topological polar surface area (TPSA) is 115 Å². The molecule has 1 atom stereocenters. The molecule has 0 aliphatic heterocycles. The molecule has 0 aliphatic rings. The van der Waals surface area contributed by atoms with Gasteiger partial charge >= 0.3 is 0 Å². The number of rotatable bonds is 6. The van der Waals surface area contributed by atoms with Crippen LogP contribution in [0.5, 0.6) is 0 Å². The van der Waals surface area contributed by atoms with Gasteiger partial charge in [0.1, 0.15) is 0 Å². The van der Waals surface area contributed by atoms with Gasteiger partial charge in [-0.05, 0) is 6.42 Å². The highest BCUT2D eigenvalue weighted by molar-refractivity contribution is 14.1. The molecule has 14 heavy (non-hydrogen) atoms. The zero-order valence-corrected chi connectivity index (χ0v) is 9.61. The smallest absolute Gasteiger partial charge is 0.232 e. The van der Waals surface area contributed by atoms with Crippen LogP contribution >= 0.6 is 22.9 Å². The van der Waals surface area contributed by atoms with Crippen molar-refractivity contribution in [3.05, 3.63) is 0 Å². The Hall–Kier alpha value is -0.860. The van der Waals surface area contributed by atoms with Crippen LogP contribution in [-0.4, -0.2) is 17.7 Å². The predicted molar refractivity (Wildman–Crippen MR) is 57.9 cm³/mol. The van der Waals surface area contributed by atoms with E-state index < -0.39 is 17.7 Å². The van der Waals surface area contributed by atoms with Crippen molar-refractivity contribution in [3.8, 4) is 0 Å². The third-order valence-electron chi connectivity index (χ3n) is 1.65. The molecular formula is C7H12IN3O3. The Morgan fingerprint density at radius 2 is 1.79 bits per heavy atom. The van der Waals surface area contributed by atoms with E-state index in [9.17, 15) is 14.4 Å². The highest BCUT2D eigenvalue weighted by Gasteiger charge is 2.20. The molecule has 1 unspecified atom stereocenters. The van der Waals surface area contributed by atoms with Crippen LogP contribution in [0.25, 0.3) is 0 Å². The Labute approximate surface area is 95.3 Å². The molecule has 0 radical (unpaired) electrons. The molecule has 0 aromatic rings. The van der Waals surface area contributed by atoms with Crippen molar-refractivity contribution in [1.29, 1.82) is 0 Å². The Kier molecular flexibility index (Phi) is 6.17. The van der Waals surface area contributed by atoms with Crippen LogP contribution in [0, 0.1) is 5.92 Å². The van der Waals surface area contributed by atoms with Crippen molar-refractivity contribution in [3.63, 3.8) is 0 Å². The lowest BCUT2D eigenvalue weighted by Crippen LogP contribution is -2.29. The highest BCUT2D eigenvalue weighted by atomic mass is 127. The number of hydrogen-bond donors (Lipinski definition) is 3. The maximum atomic E-state index is 11.2. The fourth-order valence-corrected chi connectivity index (χ4v) is 1.40. The van der Waals surface area contributed by atoms with Gasteiger partial charge in [-0.25, -0.2) is 0 Å². The summed E-state index contributed by atoms with van der Waals surface area (Å²) < 4.78 is 2.37. The number of hydrogen-bond acceptors (Lipinski definition) is 3. The number of primary amides is 2. The van der Waals surface area contributed by atoms with Gasteiger partial charge in [0, 0.05) is 18.8 Å². The molecule has 0 rings (SSSR count). The van der Waals surface area contributed by atoms with Crippen LogP contribution in [0.2, 0.25) is 0 Å². The third kappa shape index (κ3) is 5.73. The van der Waals surface area contributed by atoms with E-state index in [1.165, 1.54) is 0 Å². The number of carbonyl (C=O) groups is 3. The van der Waals surface area contributed by atoms with E-state index in [-0.39, 0.29) is 25.2 Å². The predicted octanol–water partition coefficient (Wildman–Crippen LogP) is -0.790. The number of halogens is 1. The minimum Gasteiger partial charge on any atom is -0.370 e. The minimum absolute atomic E-state index is 0.0673. The Balaban J connectivity index is 4.17. The van der Waals surface area contributed by atoms with E-state index in [1.54, 1.807) is 22.9 Å². The summed E-state index contributed by atoms with van der Waals surface area (Å²) in [6.45, 7) is 0. The monoisotopic (exact) mass is 313 g/mol. The highest BCUT2D eigenvalue weighted by Crippen LogP contribution is 2.11. The molecule has 0 saturated carbocycles. The van der Waals surface area contributed by atoms with Crippen LogP contribution in [0.3, 0.4) is 0 Å². The molecule has 7 heteroatoms. The summed E-state index contributed by atoms with van der Waals surface area (Å²) in [6, 6.07) is 0. The molecule has 6 nitrogen and oxygen atoms in total. The molecule has 0 bridgehead atoms. The number of amides is 3. The zero-order valence-electron chi connectivity index (χ0n) is 7.46. The lowest BCUT2D eigenvalue weighted by Gasteiger charge is -2.11. The minimum atomic E-state index is -0.572. The Morgan fingerprint density at radius 3 is 2.14 bits per heavy atom. The summed E-state index contributed by atoms with van der Waals surface area (Å²) >= 11 is 1.66. The molecule has 5 N–H and O–H groups in total. The summed E-state index contributed by atoms with van der Waals surface area (Å²) in [5.41, 5.74) is 9.88. The molecule has 0 aliphatic carbocycles. The van der Waals surface area contributed by atoms with Gasteiger partial charge in [-0.2, -0.15) is 0 Å². The standard InChI is InChI=1S/C7H12IN3O3/c8-11-7(14)4(3-6(10)13)1-2-5(9)12/h4H,1-3H2,(H2,9,12)(H2,10,13)(H,11,14). The van der Waals surface area contributed by atoms with E-state index in [2.05, 4.69) is 3.53 Å². The van der Waals surface area contributed by atoms with Crippen LogP contribution in [0.4, 0.5) is 0 Å². The van der Waals surface area contributed by atoms with Crippen molar-refractivity contribution in [2.75, 3.05) is 0 Å². The largest absolute Gasteiger partial charge is 0.370 e. The molecule has 3 amide bonds. The maximum Gasteiger partial charge on any atom is 0.232 e. The zero-order chi connectivity index (χ0) is 11.1. The molecule has 0 spiro atoms. The van der Waals surface area contributed by atoms with Gasteiger partial charge in [0.25, 0.3) is 0 Å². The van der Waals surface area contributed by atoms with Crippen LogP contribution in [0.15, 0.2) is 0 Å². The van der Waals surface area contributed by atoms with E-state index >= 15 is 0 Å². The van der Waals surface area contributed by atoms with Gasteiger partial charge in [-0.3, -0.25) is 17.9 Å². The molecular weight excluding hydrogens is 301 g/mol. The first-order valence-electron chi connectivity index (χ1n) is 3.94. The van der Waals surface area contributed by atoms with Gasteiger partial charge in [-0.1, -0.05) is 0 Å². The van der Waals surface area contributed by atoms with E-state index in [0.29, 0.717) is 0 Å². The average Bonchev–Trinajstić information content (AvgIpc) is 2.10. The Bertz CT molecular complexity index is 244. The number of nitrogens with one attached hydrogen (secondary N) is 1. The first-order valence-corrected chi connectivity index (χ1v) is 5.02. The summed E-state index contributed by atoms with van der Waals surface area (Å²) in [4.78, 5) is 32.3.